The van der Waals surface area contributed by atoms with Crippen LogP contribution in [0.3, 0.4) is 0 Å². The molecular weight excluding hydrogens is 458 g/mol. The molecule has 0 aliphatic carbocycles. The van der Waals surface area contributed by atoms with Gasteiger partial charge in [-0.3, -0.25) is 0 Å². The summed E-state index contributed by atoms with van der Waals surface area (Å²) < 4.78 is 0. The Labute approximate surface area is 227 Å². The molecule has 0 N–H and O–H groups in total. The lowest BCUT2D eigenvalue weighted by molar-refractivity contribution is 1.27. The van der Waals surface area contributed by atoms with Crippen molar-refractivity contribution in [2.24, 2.45) is 0 Å². The second-order valence-electron chi connectivity index (χ2n) is 9.84. The van der Waals surface area contributed by atoms with E-state index in [2.05, 4.69) is 171 Å². The van der Waals surface area contributed by atoms with E-state index >= 15 is 0 Å². The summed E-state index contributed by atoms with van der Waals surface area (Å²) >= 11 is 0. The van der Waals surface area contributed by atoms with Crippen molar-refractivity contribution >= 4 is 41.4 Å². The molecule has 186 valence electrons. The first-order valence-corrected chi connectivity index (χ1v) is 13.1. The van der Waals surface area contributed by atoms with Crippen LogP contribution in [0.4, 0.5) is 17.1 Å². The lowest BCUT2D eigenvalue weighted by atomic mass is 10.1. The van der Waals surface area contributed by atoms with E-state index in [1.165, 1.54) is 38.9 Å². The fourth-order valence-corrected chi connectivity index (χ4v) is 4.35. The minimum absolute atomic E-state index is 1.13. The molecule has 0 heterocycles. The van der Waals surface area contributed by atoms with Crippen molar-refractivity contribution in [2.45, 2.75) is 20.8 Å². The Kier molecular flexibility index (Phi) is 7.66. The lowest BCUT2D eigenvalue weighted by Gasteiger charge is -2.26. The third kappa shape index (κ3) is 6.38. The molecule has 0 radical (unpaired) electrons. The lowest BCUT2D eigenvalue weighted by Crippen LogP contribution is -2.09. The van der Waals surface area contributed by atoms with Crippen LogP contribution in [0, 0.1) is 20.8 Å². The quantitative estimate of drug-likeness (QED) is 0.205. The van der Waals surface area contributed by atoms with Crippen LogP contribution in [0.5, 0.6) is 0 Å². The van der Waals surface area contributed by atoms with Gasteiger partial charge in [0.25, 0.3) is 0 Å². The van der Waals surface area contributed by atoms with Gasteiger partial charge in [-0.15, -0.1) is 0 Å². The standard InChI is InChI=1S/C37H33N/c1-28-4-10-31(11-5-28)14-16-33-18-24-36(25-19-33)38(35-22-8-30(3)9-23-35)37-26-20-34(21-27-37)17-15-32-12-6-29(2)7-13-32/h4-27H,1-3H3/b16-14-,17-15+. The normalized spacial score (nSPS) is 11.3. The number of benzene rings is 5. The van der Waals surface area contributed by atoms with Crippen LogP contribution in [0.25, 0.3) is 24.3 Å². The molecule has 0 atom stereocenters. The number of anilines is 3. The van der Waals surface area contributed by atoms with E-state index in [1.807, 2.05) is 0 Å². The van der Waals surface area contributed by atoms with Gasteiger partial charge < -0.3 is 4.90 Å². The van der Waals surface area contributed by atoms with E-state index in [-0.39, 0.29) is 0 Å². The van der Waals surface area contributed by atoms with Crippen LogP contribution >= 0.6 is 0 Å². The summed E-state index contributed by atoms with van der Waals surface area (Å²) in [5.74, 6) is 0. The average molecular weight is 492 g/mol. The molecule has 1 heteroatoms. The van der Waals surface area contributed by atoms with Crippen molar-refractivity contribution in [1.29, 1.82) is 0 Å². The minimum atomic E-state index is 1.13. The van der Waals surface area contributed by atoms with Crippen LogP contribution in [-0.2, 0) is 0 Å². The number of aryl methyl sites for hydroxylation is 3. The van der Waals surface area contributed by atoms with Gasteiger partial charge >= 0.3 is 0 Å². The number of hydrogen-bond acceptors (Lipinski definition) is 1. The van der Waals surface area contributed by atoms with Crippen LogP contribution in [0.1, 0.15) is 38.9 Å². The predicted molar refractivity (Wildman–Crippen MR) is 166 cm³/mol. The fourth-order valence-electron chi connectivity index (χ4n) is 4.35. The molecule has 0 aromatic heterocycles. The maximum Gasteiger partial charge on any atom is 0.0462 e. The summed E-state index contributed by atoms with van der Waals surface area (Å²) in [6.07, 6.45) is 8.66. The first-order valence-electron chi connectivity index (χ1n) is 13.1. The molecule has 0 bridgehead atoms. The average Bonchev–Trinajstić information content (AvgIpc) is 2.95. The zero-order chi connectivity index (χ0) is 26.3. The highest BCUT2D eigenvalue weighted by molar-refractivity contribution is 5.79. The van der Waals surface area contributed by atoms with E-state index in [4.69, 9.17) is 0 Å². The maximum absolute atomic E-state index is 2.31. The van der Waals surface area contributed by atoms with Crippen molar-refractivity contribution in [3.63, 3.8) is 0 Å². The third-order valence-corrected chi connectivity index (χ3v) is 6.69. The third-order valence-electron chi connectivity index (χ3n) is 6.69. The largest absolute Gasteiger partial charge is 0.311 e. The SMILES string of the molecule is Cc1ccc(/C=C\c2ccc(N(c3ccc(C)cc3)c3ccc(/C=C/c4ccc(C)cc4)cc3)cc2)cc1. The summed E-state index contributed by atoms with van der Waals surface area (Å²) in [5, 5.41) is 0. The zero-order valence-electron chi connectivity index (χ0n) is 22.3. The number of rotatable bonds is 7. The Balaban J connectivity index is 1.40. The molecule has 0 unspecified atom stereocenters. The van der Waals surface area contributed by atoms with E-state index in [0.717, 1.165) is 17.1 Å². The second kappa shape index (κ2) is 11.6. The van der Waals surface area contributed by atoms with Crippen LogP contribution < -0.4 is 4.90 Å². The highest BCUT2D eigenvalue weighted by atomic mass is 15.1. The summed E-state index contributed by atoms with van der Waals surface area (Å²) in [4.78, 5) is 2.31. The van der Waals surface area contributed by atoms with Gasteiger partial charge in [0.1, 0.15) is 0 Å². The van der Waals surface area contributed by atoms with Crippen molar-refractivity contribution < 1.29 is 0 Å². The zero-order valence-corrected chi connectivity index (χ0v) is 22.3. The molecule has 5 aromatic rings. The van der Waals surface area contributed by atoms with Gasteiger partial charge in [0.2, 0.25) is 0 Å². The van der Waals surface area contributed by atoms with Crippen LogP contribution in [0.2, 0.25) is 0 Å². The summed E-state index contributed by atoms with van der Waals surface area (Å²) in [6.45, 7) is 6.35. The second-order valence-corrected chi connectivity index (χ2v) is 9.84. The van der Waals surface area contributed by atoms with Gasteiger partial charge in [-0.1, -0.05) is 126 Å². The van der Waals surface area contributed by atoms with E-state index < -0.39 is 0 Å². The molecule has 0 aliphatic rings. The summed E-state index contributed by atoms with van der Waals surface area (Å²) in [6, 6.07) is 43.4. The first kappa shape index (κ1) is 25.0. The predicted octanol–water partition coefficient (Wildman–Crippen LogP) is 10.4. The Morgan fingerprint density at radius 1 is 0.316 bits per heavy atom. The molecule has 0 aliphatic heterocycles. The molecule has 5 rings (SSSR count). The van der Waals surface area contributed by atoms with Crippen molar-refractivity contribution in [2.75, 3.05) is 4.90 Å². The van der Waals surface area contributed by atoms with E-state index in [1.54, 1.807) is 0 Å². The molecule has 0 amide bonds. The highest BCUT2D eigenvalue weighted by Crippen LogP contribution is 2.35. The monoisotopic (exact) mass is 491 g/mol. The van der Waals surface area contributed by atoms with Gasteiger partial charge in [0.15, 0.2) is 0 Å². The van der Waals surface area contributed by atoms with Gasteiger partial charge in [0.05, 0.1) is 0 Å². The van der Waals surface area contributed by atoms with Crippen molar-refractivity contribution in [3.8, 4) is 0 Å². The summed E-state index contributed by atoms with van der Waals surface area (Å²) in [7, 11) is 0. The Morgan fingerprint density at radius 3 is 0.816 bits per heavy atom. The van der Waals surface area contributed by atoms with Gasteiger partial charge in [-0.05, 0) is 79.4 Å². The molecule has 38 heavy (non-hydrogen) atoms. The Morgan fingerprint density at radius 2 is 0.526 bits per heavy atom. The Hall–Kier alpha value is -4.62. The fraction of sp³-hybridized carbons (Fsp3) is 0.0811. The maximum atomic E-state index is 2.31. The van der Waals surface area contributed by atoms with Crippen LogP contribution in [-0.4, -0.2) is 0 Å². The smallest absolute Gasteiger partial charge is 0.0462 e. The van der Waals surface area contributed by atoms with E-state index in [9.17, 15) is 0 Å². The molecule has 0 saturated heterocycles. The molecule has 1 nitrogen and oxygen atoms in total. The molecule has 0 fully saturated rings. The molecule has 5 aromatic carbocycles. The molecule has 0 saturated carbocycles. The van der Waals surface area contributed by atoms with Crippen molar-refractivity contribution in [1.82, 2.24) is 0 Å². The highest BCUT2D eigenvalue weighted by Gasteiger charge is 2.12. The first-order chi connectivity index (χ1) is 18.5. The van der Waals surface area contributed by atoms with Gasteiger partial charge in [0, 0.05) is 17.1 Å². The van der Waals surface area contributed by atoms with Crippen molar-refractivity contribution in [3.05, 3.63) is 160 Å². The Bertz CT molecular complexity index is 1420. The van der Waals surface area contributed by atoms with E-state index in [0.29, 0.717) is 0 Å². The topological polar surface area (TPSA) is 3.24 Å². The number of hydrogen-bond donors (Lipinski definition) is 0. The van der Waals surface area contributed by atoms with Gasteiger partial charge in [-0.25, -0.2) is 0 Å². The summed E-state index contributed by atoms with van der Waals surface area (Å²) in [5.41, 5.74) is 12.0. The number of nitrogens with zero attached hydrogens (tertiary/aromatic N) is 1. The van der Waals surface area contributed by atoms with Crippen LogP contribution in [0.15, 0.2) is 121 Å². The molecular formula is C37H33N. The molecule has 0 spiro atoms. The van der Waals surface area contributed by atoms with Gasteiger partial charge in [-0.2, -0.15) is 0 Å². The minimum Gasteiger partial charge on any atom is -0.311 e.